The summed E-state index contributed by atoms with van der Waals surface area (Å²) in [6.45, 7) is 4.38. The monoisotopic (exact) mass is 430 g/mol. The van der Waals surface area contributed by atoms with Gasteiger partial charge in [0.2, 0.25) is 0 Å². The van der Waals surface area contributed by atoms with Crippen LogP contribution in [-0.2, 0) is 0 Å². The molecule has 3 N–H and O–H groups in total. The summed E-state index contributed by atoms with van der Waals surface area (Å²) in [6.07, 6.45) is 6.27. The van der Waals surface area contributed by atoms with Crippen LogP contribution in [0, 0.1) is 6.92 Å². The van der Waals surface area contributed by atoms with Gasteiger partial charge in [-0.2, -0.15) is 0 Å². The van der Waals surface area contributed by atoms with Gasteiger partial charge in [-0.3, -0.25) is 0 Å². The van der Waals surface area contributed by atoms with E-state index in [9.17, 15) is 5.11 Å². The first-order valence-electron chi connectivity index (χ1n) is 9.34. The van der Waals surface area contributed by atoms with Crippen LogP contribution in [0.1, 0.15) is 37.2 Å². The minimum absolute atomic E-state index is 0.351. The number of nitrogens with one attached hydrogen (secondary N) is 1. The van der Waals surface area contributed by atoms with Crippen LogP contribution in [0.15, 0.2) is 45.4 Å². The molecule has 0 fully saturated rings. The van der Waals surface area contributed by atoms with Crippen molar-refractivity contribution in [2.45, 2.75) is 42.6 Å². The third-order valence-corrected chi connectivity index (χ3v) is 6.00. The average Bonchev–Trinajstić information content (AvgIpc) is 3.19. The molecule has 0 saturated carbocycles. The Labute approximate surface area is 178 Å². The summed E-state index contributed by atoms with van der Waals surface area (Å²) >= 11 is 2.87. The zero-order valence-corrected chi connectivity index (χ0v) is 18.0. The van der Waals surface area contributed by atoms with E-state index in [2.05, 4.69) is 26.9 Å². The molecule has 3 aromatic heterocycles. The zero-order valence-electron chi connectivity index (χ0n) is 16.3. The summed E-state index contributed by atoms with van der Waals surface area (Å²) in [5, 5.41) is 18.9. The fourth-order valence-electron chi connectivity index (χ4n) is 2.40. The number of aliphatic hydroxyl groups is 2. The number of unbranched alkanes of at least 4 members (excludes halogenated alkanes) is 1. The van der Waals surface area contributed by atoms with Crippen molar-refractivity contribution < 1.29 is 14.9 Å². The molecule has 152 valence electrons. The number of aryl methyl sites for hydroxylation is 1. The molecule has 0 bridgehead atoms. The second-order valence-corrected chi connectivity index (χ2v) is 8.26. The topological polar surface area (TPSA) is 104 Å². The first-order chi connectivity index (χ1) is 14.1. The third-order valence-electron chi connectivity index (χ3n) is 4.04. The van der Waals surface area contributed by atoms with Crippen LogP contribution in [0.25, 0.3) is 0 Å². The molecule has 0 amide bonds. The summed E-state index contributed by atoms with van der Waals surface area (Å²) in [5.74, 6) is 1.25. The Hall–Kier alpha value is -2.01. The molecule has 0 aliphatic carbocycles. The van der Waals surface area contributed by atoms with Gasteiger partial charge in [0.15, 0.2) is 0 Å². The number of aromatic nitrogens is 3. The Morgan fingerprint density at radius 3 is 3.00 bits per heavy atom. The minimum atomic E-state index is -0.954. The van der Waals surface area contributed by atoms with Crippen molar-refractivity contribution in [1.29, 1.82) is 0 Å². The number of pyridine rings is 2. The number of hydrogen-bond donors (Lipinski definition) is 3. The first kappa shape index (κ1) is 21.7. The molecule has 0 saturated heterocycles. The SMILES string of the molecule is CCCCOc1cnc(/N=c2/[nH]c(C(O)CO)bs2)c(Sc2cccnc2C)c1. The van der Waals surface area contributed by atoms with Gasteiger partial charge in [-0.15, -0.1) is 0 Å². The standard InChI is InChI=1S/C19H23BN4O3S2/c1-3-4-8-27-13-9-16(28-15-6-5-7-21-12(15)2)18(22-10-13)24-19-23-17(20-29-19)14(26)11-25/h5-7,9-10,14,25-26H,3-4,8,11H2,1-2H3,(H,22,23,24). The molecule has 0 radical (unpaired) electrons. The van der Waals surface area contributed by atoms with Crippen LogP contribution in [0.2, 0.25) is 0 Å². The Bertz CT molecular complexity index is 1010. The predicted molar refractivity (Wildman–Crippen MR) is 115 cm³/mol. The third kappa shape index (κ3) is 5.99. The van der Waals surface area contributed by atoms with Crippen molar-refractivity contribution in [3.8, 4) is 5.75 Å². The number of ether oxygens (including phenoxy) is 1. The van der Waals surface area contributed by atoms with E-state index < -0.39 is 6.10 Å². The van der Waals surface area contributed by atoms with Crippen molar-refractivity contribution >= 4 is 34.9 Å². The van der Waals surface area contributed by atoms with Gasteiger partial charge in [0.1, 0.15) is 0 Å². The molecule has 29 heavy (non-hydrogen) atoms. The van der Waals surface area contributed by atoms with Crippen LogP contribution in [0.3, 0.4) is 0 Å². The van der Waals surface area contributed by atoms with Crippen LogP contribution in [0.5, 0.6) is 5.75 Å². The van der Waals surface area contributed by atoms with Crippen LogP contribution >= 0.6 is 22.9 Å². The number of H-pyrrole nitrogens is 1. The number of rotatable bonds is 9. The van der Waals surface area contributed by atoms with Crippen molar-refractivity contribution in [2.75, 3.05) is 13.2 Å². The quantitative estimate of drug-likeness (QED) is 0.451. The number of aromatic amines is 1. The Morgan fingerprint density at radius 1 is 1.38 bits per heavy atom. The summed E-state index contributed by atoms with van der Waals surface area (Å²) < 4.78 is 5.81. The summed E-state index contributed by atoms with van der Waals surface area (Å²) in [5.41, 5.74) is 1.45. The Balaban J connectivity index is 1.95. The molecule has 0 aliphatic heterocycles. The molecule has 0 aromatic carbocycles. The summed E-state index contributed by atoms with van der Waals surface area (Å²) in [7, 11) is 0. The van der Waals surface area contributed by atoms with E-state index >= 15 is 0 Å². The van der Waals surface area contributed by atoms with Crippen molar-refractivity contribution in [3.05, 3.63) is 46.7 Å². The average molecular weight is 430 g/mol. The Kier molecular flexibility index (Phi) is 7.99. The van der Waals surface area contributed by atoms with Gasteiger partial charge in [0, 0.05) is 0 Å². The van der Waals surface area contributed by atoms with Crippen LogP contribution < -0.4 is 9.54 Å². The Morgan fingerprint density at radius 2 is 2.24 bits per heavy atom. The molecule has 3 aromatic rings. The molecule has 0 aliphatic rings. The first-order valence-corrected chi connectivity index (χ1v) is 11.0. The normalized spacial score (nSPS) is 12.8. The summed E-state index contributed by atoms with van der Waals surface area (Å²) in [4.78, 5) is 18.9. The number of nitrogens with zero attached hydrogens (tertiary/aromatic N) is 3. The molecule has 1 atom stereocenters. The molecular formula is C19H23BN4O3S2. The second kappa shape index (κ2) is 10.7. The maximum absolute atomic E-state index is 9.77. The van der Waals surface area contributed by atoms with E-state index in [0.717, 1.165) is 28.3 Å². The van der Waals surface area contributed by atoms with Gasteiger partial charge < -0.3 is 0 Å². The van der Waals surface area contributed by atoms with Crippen molar-refractivity contribution in [1.82, 2.24) is 15.0 Å². The molecule has 0 spiro atoms. The molecule has 10 heteroatoms. The van der Waals surface area contributed by atoms with Crippen molar-refractivity contribution in [3.63, 3.8) is 0 Å². The van der Waals surface area contributed by atoms with Gasteiger partial charge in [-0.05, 0) is 0 Å². The molecule has 7 nitrogen and oxygen atoms in total. The molecule has 1 unspecified atom stereocenters. The fraction of sp³-hybridized carbons (Fsp3) is 0.368. The van der Waals surface area contributed by atoms with E-state index in [1.165, 1.54) is 22.9 Å². The van der Waals surface area contributed by atoms with Gasteiger partial charge in [-0.25, -0.2) is 0 Å². The van der Waals surface area contributed by atoms with E-state index in [4.69, 9.17) is 9.84 Å². The molecule has 3 rings (SSSR count). The van der Waals surface area contributed by atoms with Gasteiger partial charge >= 0.3 is 178 Å². The molecular weight excluding hydrogens is 407 g/mol. The van der Waals surface area contributed by atoms with Gasteiger partial charge in [0.05, 0.1) is 0 Å². The predicted octanol–water partition coefficient (Wildman–Crippen LogP) is 3.10. The fourth-order valence-corrected chi connectivity index (χ4v) is 4.12. The van der Waals surface area contributed by atoms with Gasteiger partial charge in [0.25, 0.3) is 0 Å². The van der Waals surface area contributed by atoms with Crippen LogP contribution in [0.4, 0.5) is 5.82 Å². The summed E-state index contributed by atoms with van der Waals surface area (Å²) in [6, 6.07) is 5.85. The number of aliphatic hydroxyl groups excluding tert-OH is 2. The van der Waals surface area contributed by atoms with E-state index in [1.54, 1.807) is 18.6 Å². The van der Waals surface area contributed by atoms with E-state index in [1.807, 2.05) is 25.1 Å². The van der Waals surface area contributed by atoms with Crippen molar-refractivity contribution in [2.24, 2.45) is 4.99 Å². The second-order valence-electron chi connectivity index (χ2n) is 6.32. The number of hydrogen-bond acceptors (Lipinski definition) is 8. The molecule has 3 heterocycles. The van der Waals surface area contributed by atoms with Gasteiger partial charge in [-0.1, -0.05) is 0 Å². The maximum atomic E-state index is 9.77. The zero-order chi connectivity index (χ0) is 20.6. The van der Waals surface area contributed by atoms with Crippen LogP contribution in [-0.4, -0.2) is 44.5 Å². The van der Waals surface area contributed by atoms with E-state index in [-0.39, 0.29) is 6.61 Å². The van der Waals surface area contributed by atoms with E-state index in [0.29, 0.717) is 28.6 Å².